The number of nitrogens with one attached hydrogen (secondary N) is 1. The van der Waals surface area contributed by atoms with Crippen molar-refractivity contribution >= 4 is 23.1 Å². The van der Waals surface area contributed by atoms with Gasteiger partial charge in [0.1, 0.15) is 13.2 Å². The van der Waals surface area contributed by atoms with Gasteiger partial charge in [-0.2, -0.15) is 0 Å². The number of carbonyl (C=O) groups is 1. The van der Waals surface area contributed by atoms with Crippen LogP contribution in [0.4, 0.5) is 10.5 Å². The zero-order valence-corrected chi connectivity index (χ0v) is 13.5. The van der Waals surface area contributed by atoms with Crippen molar-refractivity contribution in [2.24, 2.45) is 0 Å². The van der Waals surface area contributed by atoms with Crippen molar-refractivity contribution in [3.05, 3.63) is 40.6 Å². The Hall–Kier alpha value is -2.21. The van der Waals surface area contributed by atoms with Gasteiger partial charge in [-0.1, -0.05) is 12.1 Å². The SMILES string of the molecule is O=C(Nc1cccc2c1OCCO2)N1CCC[C@@H]1c1cccs1. The number of hydrogen-bond donors (Lipinski definition) is 1. The topological polar surface area (TPSA) is 50.8 Å². The van der Waals surface area contributed by atoms with E-state index in [4.69, 9.17) is 9.47 Å². The Morgan fingerprint density at radius 3 is 3.00 bits per heavy atom. The summed E-state index contributed by atoms with van der Waals surface area (Å²) < 4.78 is 11.2. The van der Waals surface area contributed by atoms with E-state index in [1.165, 1.54) is 4.88 Å². The number of thiophene rings is 1. The molecule has 1 N–H and O–H groups in total. The number of anilines is 1. The third kappa shape index (κ3) is 2.74. The van der Waals surface area contributed by atoms with Gasteiger partial charge < -0.3 is 19.7 Å². The summed E-state index contributed by atoms with van der Waals surface area (Å²) in [5.41, 5.74) is 0.670. The standard InChI is InChI=1S/C17H18N2O3S/c20-17(19-8-2-5-13(19)15-7-3-11-23-15)18-12-4-1-6-14-16(12)22-10-9-21-14/h1,3-4,6-7,11,13H,2,5,8-10H2,(H,18,20)/t13-/m1/s1. The molecular formula is C17H18N2O3S. The molecule has 1 aromatic heterocycles. The highest BCUT2D eigenvalue weighted by Gasteiger charge is 2.31. The molecule has 3 heterocycles. The van der Waals surface area contributed by atoms with Crippen molar-refractivity contribution in [3.8, 4) is 11.5 Å². The minimum Gasteiger partial charge on any atom is -0.486 e. The summed E-state index contributed by atoms with van der Waals surface area (Å²) >= 11 is 1.70. The summed E-state index contributed by atoms with van der Waals surface area (Å²) in [6.45, 7) is 1.82. The fraction of sp³-hybridized carbons (Fsp3) is 0.353. The molecule has 2 aliphatic heterocycles. The molecule has 23 heavy (non-hydrogen) atoms. The van der Waals surface area contributed by atoms with E-state index in [-0.39, 0.29) is 12.1 Å². The van der Waals surface area contributed by atoms with Gasteiger partial charge in [0.25, 0.3) is 0 Å². The maximum absolute atomic E-state index is 12.7. The molecule has 5 nitrogen and oxygen atoms in total. The molecule has 120 valence electrons. The van der Waals surface area contributed by atoms with Crippen LogP contribution in [0.2, 0.25) is 0 Å². The molecule has 0 unspecified atom stereocenters. The van der Waals surface area contributed by atoms with Crippen LogP contribution in [-0.2, 0) is 0 Å². The average molecular weight is 330 g/mol. The van der Waals surface area contributed by atoms with E-state index in [1.54, 1.807) is 11.3 Å². The van der Waals surface area contributed by atoms with E-state index in [2.05, 4.69) is 16.8 Å². The lowest BCUT2D eigenvalue weighted by Crippen LogP contribution is -2.34. The first-order valence-electron chi connectivity index (χ1n) is 7.82. The van der Waals surface area contributed by atoms with E-state index in [1.807, 2.05) is 29.2 Å². The summed E-state index contributed by atoms with van der Waals surface area (Å²) in [6.07, 6.45) is 2.04. The Labute approximate surface area is 138 Å². The van der Waals surface area contributed by atoms with Crippen molar-refractivity contribution in [1.29, 1.82) is 0 Å². The number of carbonyl (C=O) groups excluding carboxylic acids is 1. The molecule has 1 saturated heterocycles. The summed E-state index contributed by atoms with van der Waals surface area (Å²) in [5.74, 6) is 1.31. The number of benzene rings is 1. The van der Waals surface area contributed by atoms with Gasteiger partial charge in [-0.3, -0.25) is 0 Å². The summed E-state index contributed by atoms with van der Waals surface area (Å²) in [5, 5.41) is 5.05. The third-order valence-corrected chi connectivity index (χ3v) is 5.17. The molecule has 2 aliphatic rings. The number of para-hydroxylation sites is 1. The second-order valence-corrected chi connectivity index (χ2v) is 6.61. The molecule has 1 fully saturated rings. The fourth-order valence-corrected chi connectivity index (χ4v) is 4.02. The average Bonchev–Trinajstić information content (AvgIpc) is 3.26. The first-order chi connectivity index (χ1) is 11.3. The van der Waals surface area contributed by atoms with Gasteiger partial charge in [-0.05, 0) is 36.4 Å². The number of amides is 2. The molecule has 1 atom stereocenters. The van der Waals surface area contributed by atoms with Gasteiger partial charge in [0.2, 0.25) is 0 Å². The Morgan fingerprint density at radius 2 is 2.13 bits per heavy atom. The van der Waals surface area contributed by atoms with Gasteiger partial charge in [0, 0.05) is 11.4 Å². The van der Waals surface area contributed by atoms with Crippen molar-refractivity contribution in [2.45, 2.75) is 18.9 Å². The molecule has 0 radical (unpaired) electrons. The summed E-state index contributed by atoms with van der Waals surface area (Å²) in [6, 6.07) is 9.80. The normalized spacial score (nSPS) is 19.7. The van der Waals surface area contributed by atoms with Crippen molar-refractivity contribution < 1.29 is 14.3 Å². The minimum absolute atomic E-state index is 0.0801. The van der Waals surface area contributed by atoms with E-state index in [0.717, 1.165) is 19.4 Å². The maximum atomic E-state index is 12.7. The van der Waals surface area contributed by atoms with Gasteiger partial charge in [-0.25, -0.2) is 4.79 Å². The summed E-state index contributed by atoms with van der Waals surface area (Å²) in [7, 11) is 0. The van der Waals surface area contributed by atoms with Crippen LogP contribution in [0.1, 0.15) is 23.8 Å². The monoisotopic (exact) mass is 330 g/mol. The van der Waals surface area contributed by atoms with Crippen LogP contribution >= 0.6 is 11.3 Å². The zero-order chi connectivity index (χ0) is 15.6. The fourth-order valence-electron chi connectivity index (χ4n) is 3.15. The molecule has 4 rings (SSSR count). The van der Waals surface area contributed by atoms with E-state index in [9.17, 15) is 4.79 Å². The lowest BCUT2D eigenvalue weighted by atomic mass is 10.2. The number of nitrogens with zero attached hydrogens (tertiary/aromatic N) is 1. The third-order valence-electron chi connectivity index (χ3n) is 4.19. The number of rotatable bonds is 2. The quantitative estimate of drug-likeness (QED) is 0.909. The predicted molar refractivity (Wildman–Crippen MR) is 89.5 cm³/mol. The van der Waals surface area contributed by atoms with Crippen LogP contribution in [0.3, 0.4) is 0 Å². The molecule has 0 spiro atoms. The minimum atomic E-state index is -0.0801. The second kappa shape index (κ2) is 6.12. The highest BCUT2D eigenvalue weighted by molar-refractivity contribution is 7.10. The van der Waals surface area contributed by atoms with Gasteiger partial charge in [-0.15, -0.1) is 11.3 Å². The smallest absolute Gasteiger partial charge is 0.322 e. The Balaban J connectivity index is 1.54. The molecule has 1 aromatic carbocycles. The highest BCUT2D eigenvalue weighted by atomic mass is 32.1. The maximum Gasteiger partial charge on any atom is 0.322 e. The van der Waals surface area contributed by atoms with Gasteiger partial charge in [0.05, 0.1) is 11.7 Å². The molecule has 6 heteroatoms. The van der Waals surface area contributed by atoms with E-state index < -0.39 is 0 Å². The Kier molecular flexibility index (Phi) is 3.83. The lowest BCUT2D eigenvalue weighted by Gasteiger charge is -2.26. The van der Waals surface area contributed by atoms with E-state index in [0.29, 0.717) is 30.4 Å². The van der Waals surface area contributed by atoms with Crippen LogP contribution in [0.25, 0.3) is 0 Å². The van der Waals surface area contributed by atoms with Crippen LogP contribution in [0.5, 0.6) is 11.5 Å². The molecule has 0 bridgehead atoms. The second-order valence-electron chi connectivity index (χ2n) is 5.63. The first kappa shape index (κ1) is 14.4. The lowest BCUT2D eigenvalue weighted by molar-refractivity contribution is 0.172. The highest BCUT2D eigenvalue weighted by Crippen LogP contribution is 2.39. The molecule has 2 amide bonds. The van der Waals surface area contributed by atoms with Gasteiger partial charge >= 0.3 is 6.03 Å². The van der Waals surface area contributed by atoms with Crippen LogP contribution in [-0.4, -0.2) is 30.7 Å². The molecule has 0 saturated carbocycles. The van der Waals surface area contributed by atoms with Crippen LogP contribution < -0.4 is 14.8 Å². The molecule has 0 aliphatic carbocycles. The summed E-state index contributed by atoms with van der Waals surface area (Å²) in [4.78, 5) is 15.9. The van der Waals surface area contributed by atoms with Crippen molar-refractivity contribution in [2.75, 3.05) is 25.1 Å². The number of ether oxygens (including phenoxy) is 2. The van der Waals surface area contributed by atoms with Crippen LogP contribution in [0.15, 0.2) is 35.7 Å². The Bertz CT molecular complexity index is 702. The number of urea groups is 1. The van der Waals surface area contributed by atoms with Crippen molar-refractivity contribution in [1.82, 2.24) is 4.90 Å². The van der Waals surface area contributed by atoms with Crippen molar-refractivity contribution in [3.63, 3.8) is 0 Å². The Morgan fingerprint density at radius 1 is 1.22 bits per heavy atom. The molecule has 2 aromatic rings. The molecular weight excluding hydrogens is 312 g/mol. The largest absolute Gasteiger partial charge is 0.486 e. The number of hydrogen-bond acceptors (Lipinski definition) is 4. The van der Waals surface area contributed by atoms with Gasteiger partial charge in [0.15, 0.2) is 11.5 Å². The van der Waals surface area contributed by atoms with Crippen LogP contribution in [0, 0.1) is 0 Å². The predicted octanol–water partition coefficient (Wildman–Crippen LogP) is 3.89. The first-order valence-corrected chi connectivity index (χ1v) is 8.70. The number of likely N-dealkylation sites (tertiary alicyclic amines) is 1. The van der Waals surface area contributed by atoms with E-state index >= 15 is 0 Å². The zero-order valence-electron chi connectivity index (χ0n) is 12.7. The number of fused-ring (bicyclic) bond motifs is 1.